The summed E-state index contributed by atoms with van der Waals surface area (Å²) in [5.74, 6) is 0. The van der Waals surface area contributed by atoms with Crippen molar-refractivity contribution in [3.05, 3.63) is 71.8 Å². The highest BCUT2D eigenvalue weighted by Crippen LogP contribution is 2.04. The van der Waals surface area contributed by atoms with Crippen molar-refractivity contribution in [2.75, 3.05) is 0 Å². The molecule has 0 amide bonds. The first-order chi connectivity index (χ1) is 9.90. The number of hydrogen-bond acceptors (Lipinski definition) is 3. The smallest absolute Gasteiger partial charge is 0.0659 e. The van der Waals surface area contributed by atoms with Crippen LogP contribution in [0, 0.1) is 0 Å². The fourth-order valence-corrected chi connectivity index (χ4v) is 2.08. The van der Waals surface area contributed by atoms with Gasteiger partial charge in [-0.1, -0.05) is 30.3 Å². The van der Waals surface area contributed by atoms with E-state index in [9.17, 15) is 0 Å². The second kappa shape index (κ2) is 6.16. The van der Waals surface area contributed by atoms with E-state index in [0.717, 1.165) is 25.2 Å². The highest BCUT2D eigenvalue weighted by atomic mass is 15.3. The number of benzene rings is 1. The lowest BCUT2D eigenvalue weighted by molar-refractivity contribution is 0.677. The Bertz CT molecular complexity index is 627. The van der Waals surface area contributed by atoms with Crippen LogP contribution in [0.15, 0.2) is 55.1 Å². The molecule has 1 aromatic carbocycles. The molecule has 0 spiro atoms. The minimum Gasteiger partial charge on any atom is -0.308 e. The highest BCUT2D eigenvalue weighted by molar-refractivity contribution is 5.15. The molecule has 0 aliphatic heterocycles. The van der Waals surface area contributed by atoms with Crippen LogP contribution in [0.25, 0.3) is 0 Å². The molecule has 5 heteroatoms. The minimum absolute atomic E-state index is 0.806. The molecule has 0 fully saturated rings. The largest absolute Gasteiger partial charge is 0.308 e. The SMILES string of the molecule is c1ccc(Cn2cc(CNCc3cn[nH]c3)cn2)cc1. The molecule has 0 atom stereocenters. The summed E-state index contributed by atoms with van der Waals surface area (Å²) in [6, 6.07) is 10.3. The fraction of sp³-hybridized carbons (Fsp3) is 0.200. The Morgan fingerprint density at radius 2 is 1.85 bits per heavy atom. The second-order valence-corrected chi connectivity index (χ2v) is 4.74. The first kappa shape index (κ1) is 12.6. The van der Waals surface area contributed by atoms with Crippen molar-refractivity contribution in [2.45, 2.75) is 19.6 Å². The van der Waals surface area contributed by atoms with Crippen LogP contribution in [0.4, 0.5) is 0 Å². The number of aromatic nitrogens is 4. The second-order valence-electron chi connectivity index (χ2n) is 4.74. The maximum Gasteiger partial charge on any atom is 0.0659 e. The Hall–Kier alpha value is -2.40. The third kappa shape index (κ3) is 3.33. The maximum atomic E-state index is 4.39. The number of H-pyrrole nitrogens is 1. The van der Waals surface area contributed by atoms with Crippen LogP contribution in [0.3, 0.4) is 0 Å². The van der Waals surface area contributed by atoms with Crippen molar-refractivity contribution in [3.63, 3.8) is 0 Å². The summed E-state index contributed by atoms with van der Waals surface area (Å²) in [7, 11) is 0. The topological polar surface area (TPSA) is 58.5 Å². The summed E-state index contributed by atoms with van der Waals surface area (Å²) in [6.45, 7) is 2.42. The van der Waals surface area contributed by atoms with E-state index in [1.54, 1.807) is 0 Å². The molecule has 0 saturated carbocycles. The number of nitrogens with zero attached hydrogens (tertiary/aromatic N) is 3. The summed E-state index contributed by atoms with van der Waals surface area (Å²) in [5.41, 5.74) is 3.60. The third-order valence-electron chi connectivity index (χ3n) is 3.09. The molecule has 0 radical (unpaired) electrons. The lowest BCUT2D eigenvalue weighted by Gasteiger charge is -2.01. The van der Waals surface area contributed by atoms with Gasteiger partial charge in [0.2, 0.25) is 0 Å². The molecule has 3 aromatic rings. The van der Waals surface area contributed by atoms with Gasteiger partial charge in [0.25, 0.3) is 0 Å². The van der Waals surface area contributed by atoms with Crippen LogP contribution >= 0.6 is 0 Å². The van der Waals surface area contributed by atoms with E-state index in [-0.39, 0.29) is 0 Å². The van der Waals surface area contributed by atoms with Crippen molar-refractivity contribution in [1.29, 1.82) is 0 Å². The summed E-state index contributed by atoms with van der Waals surface area (Å²) in [4.78, 5) is 0. The quantitative estimate of drug-likeness (QED) is 0.717. The minimum atomic E-state index is 0.806. The first-order valence-electron chi connectivity index (χ1n) is 6.64. The van der Waals surface area contributed by atoms with Crippen LogP contribution in [-0.2, 0) is 19.6 Å². The van der Waals surface area contributed by atoms with Crippen LogP contribution in [0.2, 0.25) is 0 Å². The molecule has 5 nitrogen and oxygen atoms in total. The molecule has 102 valence electrons. The Balaban J connectivity index is 1.52. The Kier molecular flexibility index (Phi) is 3.89. The molecule has 2 heterocycles. The highest BCUT2D eigenvalue weighted by Gasteiger charge is 2.00. The average molecular weight is 267 g/mol. The molecule has 0 aliphatic carbocycles. The molecule has 0 unspecified atom stereocenters. The monoisotopic (exact) mass is 267 g/mol. The van der Waals surface area contributed by atoms with Gasteiger partial charge in [-0.15, -0.1) is 0 Å². The molecule has 0 saturated heterocycles. The van der Waals surface area contributed by atoms with Gasteiger partial charge in [-0.25, -0.2) is 0 Å². The lowest BCUT2D eigenvalue weighted by atomic mass is 10.2. The van der Waals surface area contributed by atoms with Crippen molar-refractivity contribution >= 4 is 0 Å². The van der Waals surface area contributed by atoms with Crippen LogP contribution in [0.5, 0.6) is 0 Å². The van der Waals surface area contributed by atoms with Crippen molar-refractivity contribution in [1.82, 2.24) is 25.3 Å². The van der Waals surface area contributed by atoms with Gasteiger partial charge in [-0.05, 0) is 5.56 Å². The van der Waals surface area contributed by atoms with Gasteiger partial charge < -0.3 is 5.32 Å². The molecule has 2 N–H and O–H groups in total. The lowest BCUT2D eigenvalue weighted by Crippen LogP contribution is -2.11. The zero-order chi connectivity index (χ0) is 13.6. The summed E-state index contributed by atoms with van der Waals surface area (Å²) >= 11 is 0. The van der Waals surface area contributed by atoms with Crippen molar-refractivity contribution < 1.29 is 0 Å². The summed E-state index contributed by atoms with van der Waals surface area (Å²) < 4.78 is 1.96. The zero-order valence-corrected chi connectivity index (χ0v) is 11.2. The van der Waals surface area contributed by atoms with Crippen molar-refractivity contribution in [2.24, 2.45) is 0 Å². The summed E-state index contributed by atoms with van der Waals surface area (Å²) in [6.07, 6.45) is 7.71. The third-order valence-corrected chi connectivity index (χ3v) is 3.09. The Labute approximate surface area is 117 Å². The van der Waals surface area contributed by atoms with E-state index in [2.05, 4.69) is 38.9 Å². The molecular weight excluding hydrogens is 250 g/mol. The predicted molar refractivity (Wildman–Crippen MR) is 76.9 cm³/mol. The normalized spacial score (nSPS) is 10.8. The van der Waals surface area contributed by atoms with E-state index in [1.807, 2.05) is 41.5 Å². The van der Waals surface area contributed by atoms with Gasteiger partial charge in [-0.2, -0.15) is 10.2 Å². The van der Waals surface area contributed by atoms with Crippen LogP contribution in [-0.4, -0.2) is 20.0 Å². The van der Waals surface area contributed by atoms with E-state index >= 15 is 0 Å². The van der Waals surface area contributed by atoms with Crippen LogP contribution < -0.4 is 5.32 Å². The maximum absolute atomic E-state index is 4.39. The number of rotatable bonds is 6. The van der Waals surface area contributed by atoms with E-state index in [0.29, 0.717) is 0 Å². The average Bonchev–Trinajstić information content (AvgIpc) is 3.12. The number of hydrogen-bond donors (Lipinski definition) is 2. The van der Waals surface area contributed by atoms with Gasteiger partial charge >= 0.3 is 0 Å². The number of aromatic amines is 1. The van der Waals surface area contributed by atoms with Crippen LogP contribution in [0.1, 0.15) is 16.7 Å². The predicted octanol–water partition coefficient (Wildman–Crippen LogP) is 1.94. The van der Waals surface area contributed by atoms with Gasteiger partial charge in [0.1, 0.15) is 0 Å². The van der Waals surface area contributed by atoms with Gasteiger partial charge in [0.15, 0.2) is 0 Å². The van der Waals surface area contributed by atoms with E-state index in [1.165, 1.54) is 11.1 Å². The molecule has 3 rings (SSSR count). The zero-order valence-electron chi connectivity index (χ0n) is 11.2. The standard InChI is InChI=1S/C15H17N5/c1-2-4-13(5-3-1)11-20-12-15(10-19-20)7-16-6-14-8-17-18-9-14/h1-5,8-10,12,16H,6-7,11H2,(H,17,18). The molecule has 0 bridgehead atoms. The molecule has 0 aliphatic rings. The van der Waals surface area contributed by atoms with E-state index < -0.39 is 0 Å². The Morgan fingerprint density at radius 1 is 1.00 bits per heavy atom. The van der Waals surface area contributed by atoms with Gasteiger partial charge in [0.05, 0.1) is 18.9 Å². The van der Waals surface area contributed by atoms with E-state index in [4.69, 9.17) is 0 Å². The van der Waals surface area contributed by atoms with Gasteiger partial charge in [0, 0.05) is 36.6 Å². The first-order valence-corrected chi connectivity index (χ1v) is 6.64. The molecular formula is C15H17N5. The summed E-state index contributed by atoms with van der Waals surface area (Å²) in [5, 5.41) is 14.5. The van der Waals surface area contributed by atoms with Crippen molar-refractivity contribution in [3.8, 4) is 0 Å². The molecule has 2 aromatic heterocycles. The fourth-order valence-electron chi connectivity index (χ4n) is 2.08. The Morgan fingerprint density at radius 3 is 2.65 bits per heavy atom. The van der Waals surface area contributed by atoms with Gasteiger partial charge in [-0.3, -0.25) is 9.78 Å². The molecule has 20 heavy (non-hydrogen) atoms. The number of nitrogens with one attached hydrogen (secondary N) is 2.